The van der Waals surface area contributed by atoms with Crippen LogP contribution in [0.5, 0.6) is 0 Å². The molecule has 3 atom stereocenters. The molecule has 1 saturated carbocycles. The van der Waals surface area contributed by atoms with Crippen LogP contribution in [0.25, 0.3) is 0 Å². The Balaban J connectivity index is 1.65. The van der Waals surface area contributed by atoms with E-state index >= 15 is 0 Å². The maximum Gasteiger partial charge on any atom is 0.139 e. The number of Topliss-reactive ketones (excluding diaryl/α,β-unsaturated/α-hetero) is 1. The number of ether oxygens (including phenoxy) is 1. The van der Waals surface area contributed by atoms with Crippen LogP contribution in [-0.4, -0.2) is 36.0 Å². The van der Waals surface area contributed by atoms with Crippen LogP contribution in [0.15, 0.2) is 0 Å². The van der Waals surface area contributed by atoms with Gasteiger partial charge in [0.25, 0.3) is 0 Å². The minimum atomic E-state index is 0.0284. The molecule has 114 valence electrons. The van der Waals surface area contributed by atoms with E-state index in [0.29, 0.717) is 18.2 Å². The molecule has 1 aliphatic carbocycles. The number of hydrogen-bond donors (Lipinski definition) is 1. The van der Waals surface area contributed by atoms with Crippen molar-refractivity contribution in [2.45, 2.75) is 50.5 Å². The first-order chi connectivity index (χ1) is 9.74. The summed E-state index contributed by atoms with van der Waals surface area (Å²) in [6.07, 6.45) is 7.57. The number of carbonyl (C=O) groups is 1. The Bertz CT molecular complexity index is 349. The summed E-state index contributed by atoms with van der Waals surface area (Å²) in [6.45, 7) is 1.46. The van der Waals surface area contributed by atoms with Crippen molar-refractivity contribution in [3.05, 3.63) is 0 Å². The third kappa shape index (κ3) is 2.93. The van der Waals surface area contributed by atoms with E-state index < -0.39 is 0 Å². The fraction of sp³-hybridized carbons (Fsp3) is 0.938. The normalized spacial score (nSPS) is 37.1. The Morgan fingerprint density at radius 2 is 2.05 bits per heavy atom. The molecule has 2 N–H and O–H groups in total. The van der Waals surface area contributed by atoms with E-state index in [0.717, 1.165) is 45.1 Å². The average molecular weight is 297 g/mol. The molecule has 0 radical (unpaired) electrons. The van der Waals surface area contributed by atoms with Crippen LogP contribution in [0.2, 0.25) is 0 Å². The van der Waals surface area contributed by atoms with Gasteiger partial charge in [0.2, 0.25) is 0 Å². The van der Waals surface area contributed by atoms with Crippen molar-refractivity contribution in [1.82, 2.24) is 0 Å². The lowest BCUT2D eigenvalue weighted by atomic mass is 9.75. The van der Waals surface area contributed by atoms with Crippen LogP contribution in [0, 0.1) is 17.8 Å². The van der Waals surface area contributed by atoms with Crippen molar-refractivity contribution in [3.63, 3.8) is 0 Å². The number of carbonyl (C=O) groups excluding carboxylic acids is 1. The standard InChI is InChI=1S/C16H27NO2S/c17-11-13-2-1-3-14(13)15(18)12-4-7-19-16(10-12)5-8-20-9-6-16/h12-14H,1-11,17H2. The van der Waals surface area contributed by atoms with Crippen molar-refractivity contribution < 1.29 is 9.53 Å². The largest absolute Gasteiger partial charge is 0.375 e. The van der Waals surface area contributed by atoms with E-state index in [4.69, 9.17) is 10.5 Å². The lowest BCUT2D eigenvalue weighted by Gasteiger charge is -2.43. The first-order valence-electron chi connectivity index (χ1n) is 8.20. The molecular formula is C16H27NO2S. The van der Waals surface area contributed by atoms with Gasteiger partial charge in [0, 0.05) is 18.4 Å². The Morgan fingerprint density at radius 1 is 1.25 bits per heavy atom. The molecule has 3 unspecified atom stereocenters. The molecular weight excluding hydrogens is 270 g/mol. The maximum atomic E-state index is 12.9. The number of rotatable bonds is 3. The molecule has 3 rings (SSSR count). The van der Waals surface area contributed by atoms with Gasteiger partial charge in [0.15, 0.2) is 0 Å². The summed E-state index contributed by atoms with van der Waals surface area (Å²) in [7, 11) is 0. The highest BCUT2D eigenvalue weighted by Crippen LogP contribution is 2.42. The van der Waals surface area contributed by atoms with E-state index in [1.165, 1.54) is 17.9 Å². The van der Waals surface area contributed by atoms with Crippen molar-refractivity contribution in [2.75, 3.05) is 24.7 Å². The topological polar surface area (TPSA) is 52.3 Å². The second-order valence-corrected chi connectivity index (χ2v) is 7.99. The Kier molecular flexibility index (Phi) is 4.73. The molecule has 4 heteroatoms. The second kappa shape index (κ2) is 6.37. The summed E-state index contributed by atoms with van der Waals surface area (Å²) in [5.74, 6) is 3.83. The van der Waals surface area contributed by atoms with Crippen molar-refractivity contribution >= 4 is 17.5 Å². The van der Waals surface area contributed by atoms with E-state index in [9.17, 15) is 4.79 Å². The van der Waals surface area contributed by atoms with Gasteiger partial charge < -0.3 is 10.5 Å². The Hall–Kier alpha value is -0.0600. The van der Waals surface area contributed by atoms with Crippen LogP contribution in [-0.2, 0) is 9.53 Å². The van der Waals surface area contributed by atoms with Crippen molar-refractivity contribution in [3.8, 4) is 0 Å². The third-order valence-corrected chi connectivity index (χ3v) is 6.61. The lowest BCUT2D eigenvalue weighted by molar-refractivity contribution is -0.142. The zero-order valence-corrected chi connectivity index (χ0v) is 13.1. The lowest BCUT2D eigenvalue weighted by Crippen LogP contribution is -2.46. The number of nitrogens with two attached hydrogens (primary N) is 1. The molecule has 20 heavy (non-hydrogen) atoms. The molecule has 0 bridgehead atoms. The molecule has 3 fully saturated rings. The van der Waals surface area contributed by atoms with Gasteiger partial charge >= 0.3 is 0 Å². The summed E-state index contributed by atoms with van der Waals surface area (Å²) in [6, 6.07) is 0. The third-order valence-electron chi connectivity index (χ3n) is 5.63. The predicted octanol–water partition coefficient (Wildman–Crippen LogP) is 2.62. The van der Waals surface area contributed by atoms with Crippen LogP contribution >= 0.6 is 11.8 Å². The molecule has 2 heterocycles. The Morgan fingerprint density at radius 3 is 2.80 bits per heavy atom. The summed E-state index contributed by atoms with van der Waals surface area (Å²) in [5, 5.41) is 0. The van der Waals surface area contributed by atoms with Crippen LogP contribution in [0.4, 0.5) is 0 Å². The van der Waals surface area contributed by atoms with E-state index in [2.05, 4.69) is 0 Å². The molecule has 0 aromatic heterocycles. The van der Waals surface area contributed by atoms with Crippen molar-refractivity contribution in [2.24, 2.45) is 23.5 Å². The van der Waals surface area contributed by atoms with Crippen LogP contribution < -0.4 is 5.73 Å². The molecule has 0 aromatic rings. The minimum absolute atomic E-state index is 0.0284. The van der Waals surface area contributed by atoms with Gasteiger partial charge in [-0.15, -0.1) is 0 Å². The van der Waals surface area contributed by atoms with E-state index in [-0.39, 0.29) is 17.4 Å². The fourth-order valence-corrected chi connectivity index (χ4v) is 5.60. The van der Waals surface area contributed by atoms with Gasteiger partial charge in [-0.3, -0.25) is 4.79 Å². The smallest absolute Gasteiger partial charge is 0.139 e. The maximum absolute atomic E-state index is 12.9. The summed E-state index contributed by atoms with van der Waals surface area (Å²) >= 11 is 2.02. The highest BCUT2D eigenvalue weighted by Gasteiger charge is 2.43. The zero-order chi connectivity index (χ0) is 14.0. The van der Waals surface area contributed by atoms with Gasteiger partial charge in [0.1, 0.15) is 5.78 Å². The summed E-state index contributed by atoms with van der Waals surface area (Å²) < 4.78 is 6.11. The summed E-state index contributed by atoms with van der Waals surface area (Å²) in [5.41, 5.74) is 5.88. The van der Waals surface area contributed by atoms with E-state index in [1.807, 2.05) is 11.8 Å². The molecule has 3 aliphatic rings. The van der Waals surface area contributed by atoms with Gasteiger partial charge in [-0.1, -0.05) is 6.42 Å². The first-order valence-corrected chi connectivity index (χ1v) is 9.35. The minimum Gasteiger partial charge on any atom is -0.375 e. The number of thioether (sulfide) groups is 1. The highest BCUT2D eigenvalue weighted by molar-refractivity contribution is 7.99. The first kappa shape index (κ1) is 14.9. The quantitative estimate of drug-likeness (QED) is 0.870. The van der Waals surface area contributed by atoms with Gasteiger partial charge in [-0.25, -0.2) is 0 Å². The van der Waals surface area contributed by atoms with Crippen molar-refractivity contribution in [1.29, 1.82) is 0 Å². The molecule has 2 saturated heterocycles. The van der Waals surface area contributed by atoms with Crippen LogP contribution in [0.3, 0.4) is 0 Å². The molecule has 2 aliphatic heterocycles. The molecule has 0 aromatic carbocycles. The Labute approximate surface area is 126 Å². The van der Waals surface area contributed by atoms with Crippen LogP contribution in [0.1, 0.15) is 44.9 Å². The second-order valence-electron chi connectivity index (χ2n) is 6.77. The monoisotopic (exact) mass is 297 g/mol. The highest BCUT2D eigenvalue weighted by atomic mass is 32.2. The fourth-order valence-electron chi connectivity index (χ4n) is 4.36. The molecule has 1 spiro atoms. The number of ketones is 1. The van der Waals surface area contributed by atoms with Gasteiger partial charge in [-0.2, -0.15) is 11.8 Å². The average Bonchev–Trinajstić information content (AvgIpc) is 2.96. The van der Waals surface area contributed by atoms with E-state index in [1.54, 1.807) is 0 Å². The molecule has 3 nitrogen and oxygen atoms in total. The van der Waals surface area contributed by atoms with Gasteiger partial charge in [-0.05, 0) is 62.5 Å². The number of hydrogen-bond acceptors (Lipinski definition) is 4. The van der Waals surface area contributed by atoms with Gasteiger partial charge in [0.05, 0.1) is 5.60 Å². The zero-order valence-electron chi connectivity index (χ0n) is 12.3. The molecule has 0 amide bonds. The SMILES string of the molecule is NCC1CCCC1C(=O)C1CCOC2(CCSCC2)C1. The summed E-state index contributed by atoms with van der Waals surface area (Å²) in [4.78, 5) is 12.9. The predicted molar refractivity (Wildman–Crippen MR) is 82.9 cm³/mol.